The van der Waals surface area contributed by atoms with Crippen LogP contribution in [0.1, 0.15) is 83.6 Å². The predicted octanol–water partition coefficient (Wildman–Crippen LogP) is 0.522. The number of nitrogens with zero attached hydrogens (tertiary/aromatic N) is 3. The molecule has 3 fully saturated rings. The third-order valence-corrected chi connectivity index (χ3v) is 9.68. The monoisotopic (exact) mass is 687 g/mol. The number of likely N-dealkylation sites (tertiary alicyclic amines) is 1. The third kappa shape index (κ3) is 9.51. The molecule has 2 heterocycles. The number of amides is 5. The van der Waals surface area contributed by atoms with Crippen molar-refractivity contribution in [2.45, 2.75) is 116 Å². The van der Waals surface area contributed by atoms with Gasteiger partial charge in [0.2, 0.25) is 17.7 Å². The quantitative estimate of drug-likeness (QED) is 0.144. The number of hydrogen-bond acceptors (Lipinski definition) is 10. The van der Waals surface area contributed by atoms with Crippen molar-refractivity contribution in [3.8, 4) is 0 Å². The van der Waals surface area contributed by atoms with Gasteiger partial charge in [0.05, 0.1) is 18.3 Å². The highest BCUT2D eigenvalue weighted by atomic mass is 16.7. The van der Waals surface area contributed by atoms with Crippen molar-refractivity contribution in [3.05, 3.63) is 24.3 Å². The highest BCUT2D eigenvalue weighted by Gasteiger charge is 2.55. The summed E-state index contributed by atoms with van der Waals surface area (Å²) in [5.74, 6) is -3.66. The number of aromatic nitrogens is 2. The van der Waals surface area contributed by atoms with Gasteiger partial charge in [0, 0.05) is 38.0 Å². The summed E-state index contributed by atoms with van der Waals surface area (Å²) in [4.78, 5) is 77.4. The van der Waals surface area contributed by atoms with Crippen LogP contribution in [0.2, 0.25) is 0 Å². The van der Waals surface area contributed by atoms with Crippen LogP contribution in [0.4, 0.5) is 0 Å². The molecular formula is C34H53N7O8. The van der Waals surface area contributed by atoms with Gasteiger partial charge in [0.1, 0.15) is 30.6 Å². The minimum absolute atomic E-state index is 0.0464. The number of hydrogen-bond donors (Lipinski definition) is 5. The fraction of sp³-hybridized carbons (Fsp3) is 0.735. The maximum absolute atomic E-state index is 14.5. The van der Waals surface area contributed by atoms with E-state index in [-0.39, 0.29) is 54.8 Å². The lowest BCUT2D eigenvalue weighted by Gasteiger charge is -2.34. The average Bonchev–Trinajstić information content (AvgIpc) is 3.68. The van der Waals surface area contributed by atoms with Crippen LogP contribution in [0.25, 0.3) is 0 Å². The Balaban J connectivity index is 1.56. The first-order valence-corrected chi connectivity index (χ1v) is 17.4. The summed E-state index contributed by atoms with van der Waals surface area (Å²) >= 11 is 0. The van der Waals surface area contributed by atoms with Gasteiger partial charge in [0.25, 0.3) is 11.8 Å². The zero-order valence-electron chi connectivity index (χ0n) is 29.4. The molecule has 5 N–H and O–H groups in total. The van der Waals surface area contributed by atoms with Crippen LogP contribution < -0.4 is 21.3 Å². The van der Waals surface area contributed by atoms with Gasteiger partial charge in [-0.1, -0.05) is 41.0 Å². The van der Waals surface area contributed by atoms with Crippen LogP contribution in [0.15, 0.2) is 18.6 Å². The number of methoxy groups -OCH3 is 1. The molecule has 1 aliphatic heterocycles. The Morgan fingerprint density at radius 1 is 0.939 bits per heavy atom. The number of nitrogens with one attached hydrogen (secondary N) is 4. The normalized spacial score (nSPS) is 24.1. The molecule has 8 atom stereocenters. The fourth-order valence-corrected chi connectivity index (χ4v) is 6.89. The van der Waals surface area contributed by atoms with E-state index in [9.17, 15) is 29.1 Å². The molecule has 3 unspecified atom stereocenters. The van der Waals surface area contributed by atoms with Gasteiger partial charge in [-0.3, -0.25) is 29.0 Å². The van der Waals surface area contributed by atoms with Crippen molar-refractivity contribution in [3.63, 3.8) is 0 Å². The van der Waals surface area contributed by atoms with Crippen LogP contribution in [0.3, 0.4) is 0 Å². The van der Waals surface area contributed by atoms with Gasteiger partial charge in [-0.25, -0.2) is 4.98 Å². The Labute approximate surface area is 288 Å². The van der Waals surface area contributed by atoms with Gasteiger partial charge >= 0.3 is 0 Å². The highest BCUT2D eigenvalue weighted by molar-refractivity contribution is 5.98. The molecule has 49 heavy (non-hydrogen) atoms. The number of ether oxygens (including phenoxy) is 2. The lowest BCUT2D eigenvalue weighted by atomic mass is 9.91. The van der Waals surface area contributed by atoms with Crippen molar-refractivity contribution in [1.82, 2.24) is 36.1 Å². The number of carbonyl (C=O) groups is 5. The minimum Gasteiger partial charge on any atom is -0.381 e. The second kappa shape index (κ2) is 17.3. The third-order valence-electron chi connectivity index (χ3n) is 9.68. The molecule has 15 nitrogen and oxygen atoms in total. The van der Waals surface area contributed by atoms with Crippen LogP contribution >= 0.6 is 0 Å². The number of aliphatic hydroxyl groups is 1. The van der Waals surface area contributed by atoms with E-state index in [4.69, 9.17) is 9.47 Å². The number of aliphatic hydroxyl groups excluding tert-OH is 1. The molecule has 5 amide bonds. The molecule has 0 bridgehead atoms. The van der Waals surface area contributed by atoms with Crippen LogP contribution in [0, 0.1) is 23.7 Å². The molecule has 2 aliphatic carbocycles. The van der Waals surface area contributed by atoms with Crippen LogP contribution in [0.5, 0.6) is 0 Å². The van der Waals surface area contributed by atoms with E-state index in [0.717, 1.165) is 12.8 Å². The van der Waals surface area contributed by atoms with Crippen molar-refractivity contribution in [2.24, 2.45) is 23.7 Å². The molecule has 15 heteroatoms. The lowest BCUT2D eigenvalue weighted by Crippen LogP contribution is -2.60. The topological polar surface area (TPSA) is 201 Å². The second-order valence-corrected chi connectivity index (χ2v) is 14.1. The molecule has 3 aliphatic rings. The number of fused-ring (bicyclic) bond motifs is 1. The van der Waals surface area contributed by atoms with Gasteiger partial charge < -0.3 is 40.7 Å². The van der Waals surface area contributed by atoms with Gasteiger partial charge in [-0.15, -0.1) is 0 Å². The van der Waals surface area contributed by atoms with Gasteiger partial charge in [-0.2, -0.15) is 0 Å². The van der Waals surface area contributed by atoms with E-state index in [1.54, 1.807) is 27.7 Å². The van der Waals surface area contributed by atoms with Crippen LogP contribution in [-0.4, -0.2) is 112 Å². The molecule has 1 aromatic rings. The Morgan fingerprint density at radius 2 is 1.65 bits per heavy atom. The SMILES string of the molecule is CCCC(NC(=O)C1[C@H]2CC[C@@H](OCOC)[C@H]2CN1C(=O)[C@@H](NC(=O)[C@H](NC(=O)c1cnccn1)C(C)C)C(C)C)C(O)C(=O)NC1CC1. The Bertz CT molecular complexity index is 1310. The Hall–Kier alpha value is -3.69. The van der Waals surface area contributed by atoms with Crippen molar-refractivity contribution >= 4 is 29.5 Å². The largest absolute Gasteiger partial charge is 0.381 e. The summed E-state index contributed by atoms with van der Waals surface area (Å²) in [7, 11) is 1.53. The first-order valence-electron chi connectivity index (χ1n) is 17.4. The summed E-state index contributed by atoms with van der Waals surface area (Å²) in [5, 5.41) is 22.2. The molecule has 0 radical (unpaired) electrons. The predicted molar refractivity (Wildman–Crippen MR) is 177 cm³/mol. The maximum atomic E-state index is 14.5. The molecule has 0 spiro atoms. The van der Waals surface area contributed by atoms with Crippen molar-refractivity contribution < 1.29 is 38.6 Å². The molecule has 1 saturated heterocycles. The zero-order chi connectivity index (χ0) is 35.8. The van der Waals surface area contributed by atoms with Gasteiger partial charge in [0.15, 0.2) is 6.10 Å². The fourth-order valence-electron chi connectivity index (χ4n) is 6.89. The zero-order valence-corrected chi connectivity index (χ0v) is 29.4. The molecule has 4 rings (SSSR count). The molecule has 0 aromatic carbocycles. The molecule has 2 saturated carbocycles. The van der Waals surface area contributed by atoms with E-state index >= 15 is 0 Å². The Kier molecular flexibility index (Phi) is 13.5. The van der Waals surface area contributed by atoms with E-state index in [0.29, 0.717) is 25.7 Å². The van der Waals surface area contributed by atoms with Crippen molar-refractivity contribution in [2.75, 3.05) is 20.4 Å². The molecule has 272 valence electrons. The smallest absolute Gasteiger partial charge is 0.272 e. The second-order valence-electron chi connectivity index (χ2n) is 14.1. The summed E-state index contributed by atoms with van der Waals surface area (Å²) in [6.45, 7) is 9.35. The van der Waals surface area contributed by atoms with E-state index in [1.807, 2.05) is 6.92 Å². The van der Waals surface area contributed by atoms with Crippen molar-refractivity contribution in [1.29, 1.82) is 0 Å². The Morgan fingerprint density at radius 3 is 2.24 bits per heavy atom. The van der Waals surface area contributed by atoms with Crippen LogP contribution in [-0.2, 0) is 28.7 Å². The molecular weight excluding hydrogens is 634 g/mol. The minimum atomic E-state index is -1.44. The summed E-state index contributed by atoms with van der Waals surface area (Å²) in [6, 6.07) is -3.71. The highest BCUT2D eigenvalue weighted by Crippen LogP contribution is 2.44. The summed E-state index contributed by atoms with van der Waals surface area (Å²) in [6.07, 6.45) is 6.41. The lowest BCUT2D eigenvalue weighted by molar-refractivity contribution is -0.144. The standard InChI is InChI=1S/C34H53N7O8/c1-7-8-23(29(42)33(46)37-20-9-10-20)38-32(45)28-21-11-12-25(49-17-48-6)22(21)16-41(28)34(47)27(19(4)5)40-31(44)26(18(2)3)39-30(43)24-15-35-13-14-36-24/h13-15,18-23,25-29,42H,7-12,16-17H2,1-6H3,(H,37,46)(H,38,45)(H,39,43)(H,40,44)/t21-,22-,23?,25+,26+,27-,28?,29?/m0/s1. The van der Waals surface area contributed by atoms with E-state index in [1.165, 1.54) is 30.6 Å². The maximum Gasteiger partial charge on any atom is 0.272 e. The number of rotatable bonds is 17. The van der Waals surface area contributed by atoms with E-state index < -0.39 is 59.8 Å². The first-order chi connectivity index (χ1) is 23.4. The van der Waals surface area contributed by atoms with Gasteiger partial charge in [-0.05, 0) is 49.9 Å². The first kappa shape index (κ1) is 38.1. The van der Waals surface area contributed by atoms with E-state index in [2.05, 4.69) is 31.2 Å². The number of carbonyl (C=O) groups excluding carboxylic acids is 5. The summed E-state index contributed by atoms with van der Waals surface area (Å²) in [5.41, 5.74) is 0.0525. The average molecular weight is 688 g/mol. The molecule has 1 aromatic heterocycles. The summed E-state index contributed by atoms with van der Waals surface area (Å²) < 4.78 is 11.1.